The van der Waals surface area contributed by atoms with Crippen LogP contribution in [-0.4, -0.2) is 23.8 Å². The maximum atomic E-state index is 3.52. The van der Waals surface area contributed by atoms with E-state index in [9.17, 15) is 0 Å². The van der Waals surface area contributed by atoms with Gasteiger partial charge in [0.2, 0.25) is 0 Å². The Morgan fingerprint density at radius 3 is 3.21 bits per heavy atom. The van der Waals surface area contributed by atoms with Gasteiger partial charge < -0.3 is 0 Å². The first-order valence-corrected chi connectivity index (χ1v) is 5.42. The van der Waals surface area contributed by atoms with Gasteiger partial charge in [-0.3, -0.25) is 10.3 Å². The second-order valence-electron chi connectivity index (χ2n) is 4.23. The van der Waals surface area contributed by atoms with Crippen LogP contribution < -0.4 is 10.7 Å². The van der Waals surface area contributed by atoms with Gasteiger partial charge in [0.1, 0.15) is 6.17 Å². The largest absolute Gasteiger partial charge is 0.294 e. The normalized spacial score (nSPS) is 26.4. The standard InChI is InChI=1S/C11H19N3/c1-9(2)13-14-8-4-6-10-5-3-7-12-11(10)14/h4,6,8-9,11-13H,3,5,7H2,1-2H3/t11-/m0/s1. The smallest absolute Gasteiger partial charge is 0.116 e. The zero-order valence-electron chi connectivity index (χ0n) is 8.96. The van der Waals surface area contributed by atoms with Crippen LogP contribution in [0.1, 0.15) is 26.7 Å². The van der Waals surface area contributed by atoms with E-state index in [4.69, 9.17) is 0 Å². The summed E-state index contributed by atoms with van der Waals surface area (Å²) in [5, 5.41) is 5.70. The lowest BCUT2D eigenvalue weighted by molar-refractivity contribution is 0.155. The first kappa shape index (κ1) is 9.74. The fourth-order valence-corrected chi connectivity index (χ4v) is 2.01. The molecule has 1 fully saturated rings. The molecule has 3 heteroatoms. The minimum absolute atomic E-state index is 0.371. The third-order valence-corrected chi connectivity index (χ3v) is 2.57. The molecule has 14 heavy (non-hydrogen) atoms. The minimum Gasteiger partial charge on any atom is -0.294 e. The molecule has 2 rings (SSSR count). The minimum atomic E-state index is 0.371. The van der Waals surface area contributed by atoms with Gasteiger partial charge in [0.15, 0.2) is 0 Å². The van der Waals surface area contributed by atoms with Crippen molar-refractivity contribution in [2.24, 2.45) is 0 Å². The molecule has 3 nitrogen and oxygen atoms in total. The van der Waals surface area contributed by atoms with E-state index in [-0.39, 0.29) is 0 Å². The van der Waals surface area contributed by atoms with Crippen LogP contribution in [0.3, 0.4) is 0 Å². The highest BCUT2D eigenvalue weighted by molar-refractivity contribution is 5.23. The number of nitrogens with one attached hydrogen (secondary N) is 2. The number of nitrogens with zero attached hydrogens (tertiary/aromatic N) is 1. The van der Waals surface area contributed by atoms with Crippen LogP contribution in [0.15, 0.2) is 23.9 Å². The van der Waals surface area contributed by atoms with Gasteiger partial charge in [0.05, 0.1) is 0 Å². The summed E-state index contributed by atoms with van der Waals surface area (Å²) in [5.74, 6) is 0. The Morgan fingerprint density at radius 2 is 2.43 bits per heavy atom. The van der Waals surface area contributed by atoms with Crippen LogP contribution in [0.5, 0.6) is 0 Å². The molecule has 0 aliphatic carbocycles. The molecule has 0 bridgehead atoms. The third-order valence-electron chi connectivity index (χ3n) is 2.57. The summed E-state index contributed by atoms with van der Waals surface area (Å²) in [7, 11) is 0. The van der Waals surface area contributed by atoms with Crippen LogP contribution in [0, 0.1) is 0 Å². The average molecular weight is 193 g/mol. The van der Waals surface area contributed by atoms with Gasteiger partial charge in [-0.05, 0) is 44.9 Å². The lowest BCUT2D eigenvalue weighted by Crippen LogP contribution is -2.55. The predicted molar refractivity (Wildman–Crippen MR) is 58.4 cm³/mol. The van der Waals surface area contributed by atoms with Gasteiger partial charge in [-0.25, -0.2) is 5.43 Å². The van der Waals surface area contributed by atoms with Crippen molar-refractivity contribution in [1.29, 1.82) is 0 Å². The topological polar surface area (TPSA) is 27.3 Å². The van der Waals surface area contributed by atoms with E-state index < -0.39 is 0 Å². The molecule has 0 spiro atoms. The summed E-state index contributed by atoms with van der Waals surface area (Å²) >= 11 is 0. The van der Waals surface area contributed by atoms with Crippen LogP contribution in [-0.2, 0) is 0 Å². The summed E-state index contributed by atoms with van der Waals surface area (Å²) in [6, 6.07) is 0.475. The lowest BCUT2D eigenvalue weighted by Gasteiger charge is -2.39. The number of rotatable bonds is 2. The molecular weight excluding hydrogens is 174 g/mol. The summed E-state index contributed by atoms with van der Waals surface area (Å²) < 4.78 is 0. The molecule has 2 aliphatic heterocycles. The van der Waals surface area contributed by atoms with E-state index in [0.29, 0.717) is 12.2 Å². The fraction of sp³-hybridized carbons (Fsp3) is 0.636. The summed E-state index contributed by atoms with van der Waals surface area (Å²) in [6.45, 7) is 5.44. The van der Waals surface area contributed by atoms with Crippen LogP contribution in [0.25, 0.3) is 0 Å². The molecule has 2 heterocycles. The Morgan fingerprint density at radius 1 is 1.57 bits per heavy atom. The Balaban J connectivity index is 2.05. The van der Waals surface area contributed by atoms with Crippen LogP contribution in [0.4, 0.5) is 0 Å². The molecule has 0 aromatic carbocycles. The maximum absolute atomic E-state index is 3.52. The second kappa shape index (κ2) is 4.15. The fourth-order valence-electron chi connectivity index (χ4n) is 2.01. The van der Waals surface area contributed by atoms with Crippen molar-refractivity contribution in [1.82, 2.24) is 15.8 Å². The highest BCUT2D eigenvalue weighted by Gasteiger charge is 2.24. The Labute approximate surface area is 85.8 Å². The molecule has 2 aliphatic rings. The van der Waals surface area contributed by atoms with Gasteiger partial charge in [-0.2, -0.15) is 0 Å². The second-order valence-corrected chi connectivity index (χ2v) is 4.23. The average Bonchev–Trinajstić information content (AvgIpc) is 2.18. The van der Waals surface area contributed by atoms with E-state index in [1.165, 1.54) is 18.4 Å². The monoisotopic (exact) mass is 193 g/mol. The molecule has 78 valence electrons. The van der Waals surface area contributed by atoms with Gasteiger partial charge in [0.25, 0.3) is 0 Å². The van der Waals surface area contributed by atoms with Crippen molar-refractivity contribution >= 4 is 0 Å². The molecule has 0 amide bonds. The van der Waals surface area contributed by atoms with E-state index in [1.807, 2.05) is 0 Å². The molecule has 0 unspecified atom stereocenters. The van der Waals surface area contributed by atoms with Crippen molar-refractivity contribution in [3.63, 3.8) is 0 Å². The zero-order valence-corrected chi connectivity index (χ0v) is 8.96. The molecular formula is C11H19N3. The van der Waals surface area contributed by atoms with Crippen molar-refractivity contribution < 1.29 is 0 Å². The highest BCUT2D eigenvalue weighted by Crippen LogP contribution is 2.21. The Kier molecular flexibility index (Phi) is 2.89. The van der Waals surface area contributed by atoms with E-state index >= 15 is 0 Å². The van der Waals surface area contributed by atoms with Crippen molar-refractivity contribution in [2.45, 2.75) is 38.9 Å². The quantitative estimate of drug-likeness (QED) is 0.693. The molecule has 0 saturated carbocycles. The molecule has 1 atom stereocenters. The number of hydrogen-bond acceptors (Lipinski definition) is 3. The van der Waals surface area contributed by atoms with Gasteiger partial charge in [-0.15, -0.1) is 0 Å². The van der Waals surface area contributed by atoms with Crippen LogP contribution in [0.2, 0.25) is 0 Å². The third kappa shape index (κ3) is 1.99. The molecule has 2 N–H and O–H groups in total. The lowest BCUT2D eigenvalue weighted by atomic mass is 10.0. The highest BCUT2D eigenvalue weighted by atomic mass is 15.6. The predicted octanol–water partition coefficient (Wildman–Crippen LogP) is 1.36. The molecule has 0 radical (unpaired) electrons. The number of hydrazine groups is 1. The summed E-state index contributed by atoms with van der Waals surface area (Å²) in [5.41, 5.74) is 4.92. The Bertz CT molecular complexity index is 255. The number of fused-ring (bicyclic) bond motifs is 1. The zero-order chi connectivity index (χ0) is 9.97. The van der Waals surface area contributed by atoms with Crippen molar-refractivity contribution in [2.75, 3.05) is 6.54 Å². The van der Waals surface area contributed by atoms with E-state index in [1.54, 1.807) is 0 Å². The first-order chi connectivity index (χ1) is 6.77. The van der Waals surface area contributed by atoms with Crippen molar-refractivity contribution in [3.05, 3.63) is 23.9 Å². The summed E-state index contributed by atoms with van der Waals surface area (Å²) in [6.07, 6.45) is 9.30. The van der Waals surface area contributed by atoms with E-state index in [2.05, 4.69) is 48.0 Å². The maximum Gasteiger partial charge on any atom is 0.116 e. The summed E-state index contributed by atoms with van der Waals surface area (Å²) in [4.78, 5) is 0. The van der Waals surface area contributed by atoms with E-state index in [0.717, 1.165) is 6.54 Å². The van der Waals surface area contributed by atoms with Gasteiger partial charge in [0, 0.05) is 12.2 Å². The SMILES string of the molecule is CC(C)NN1C=CC=C2CCCN[C@H]21. The molecule has 1 saturated heterocycles. The first-order valence-electron chi connectivity index (χ1n) is 5.42. The molecule has 0 aromatic rings. The Hall–Kier alpha value is -0.800. The number of piperidine rings is 1. The van der Waals surface area contributed by atoms with Gasteiger partial charge >= 0.3 is 0 Å². The van der Waals surface area contributed by atoms with Crippen molar-refractivity contribution in [3.8, 4) is 0 Å². The van der Waals surface area contributed by atoms with Gasteiger partial charge in [-0.1, -0.05) is 6.08 Å². The number of hydrogen-bond donors (Lipinski definition) is 2. The molecule has 0 aromatic heterocycles. The van der Waals surface area contributed by atoms with Crippen LogP contribution >= 0.6 is 0 Å². The number of allylic oxidation sites excluding steroid dienone is 2.